The normalized spacial score (nSPS) is 44.6. The molecular weight excluding hydrogens is 416 g/mol. The Bertz CT molecular complexity index is 881. The highest BCUT2D eigenvalue weighted by atomic mass is 16.5. The number of ether oxygens (including phenoxy) is 2. The van der Waals surface area contributed by atoms with Crippen molar-refractivity contribution < 1.29 is 19.4 Å². The van der Waals surface area contributed by atoms with Crippen molar-refractivity contribution in [1.29, 1.82) is 0 Å². The van der Waals surface area contributed by atoms with Crippen molar-refractivity contribution in [3.05, 3.63) is 12.4 Å². The molecule has 8 atom stereocenters. The third-order valence-corrected chi connectivity index (χ3v) is 10.6. The van der Waals surface area contributed by atoms with Crippen LogP contribution >= 0.6 is 0 Å². The highest BCUT2D eigenvalue weighted by Crippen LogP contribution is 2.68. The maximum atomic E-state index is 13.4. The van der Waals surface area contributed by atoms with Gasteiger partial charge in [-0.25, -0.2) is 0 Å². The molecule has 5 rings (SSSR count). The number of ketones is 1. The van der Waals surface area contributed by atoms with Gasteiger partial charge >= 0.3 is 0 Å². The fourth-order valence-corrected chi connectivity index (χ4v) is 9.12. The number of fused-ring (bicyclic) bond motifs is 5. The molecule has 4 aliphatic carbocycles. The lowest BCUT2D eigenvalue weighted by Crippen LogP contribution is -2.58. The van der Waals surface area contributed by atoms with E-state index in [1.165, 1.54) is 25.7 Å². The number of carbonyl (C=O) groups excluding carboxylic acids is 1. The standard InChI is InChI=1S/C27H42N2O4/c1-25(31)11-12-27(17-32-3)18(13-25)5-6-20-21-7-8-23(26(21,2)10-9-22(20)27)24(30)16-29-15-19(33-4)14-28-29/h14-15,18,20-23,31H,5-13,16-17H2,1-4H3/t18-,20-,21-,22-,23+,25+,26-,27+/m0/s1. The first kappa shape index (κ1) is 23.3. The van der Waals surface area contributed by atoms with Crippen LogP contribution in [0.1, 0.15) is 71.6 Å². The Hall–Kier alpha value is -1.40. The summed E-state index contributed by atoms with van der Waals surface area (Å²) in [5.41, 5.74) is -0.232. The quantitative estimate of drug-likeness (QED) is 0.680. The van der Waals surface area contributed by atoms with E-state index in [1.54, 1.807) is 18.0 Å². The summed E-state index contributed by atoms with van der Waals surface area (Å²) in [7, 11) is 3.48. The lowest BCUT2D eigenvalue weighted by molar-refractivity contribution is -0.175. The van der Waals surface area contributed by atoms with Crippen molar-refractivity contribution >= 4 is 5.78 Å². The summed E-state index contributed by atoms with van der Waals surface area (Å²) in [4.78, 5) is 13.4. The van der Waals surface area contributed by atoms with Crippen LogP contribution in [0.3, 0.4) is 0 Å². The van der Waals surface area contributed by atoms with Gasteiger partial charge in [0.15, 0.2) is 11.5 Å². The van der Waals surface area contributed by atoms with E-state index in [0.717, 1.165) is 38.7 Å². The first-order chi connectivity index (χ1) is 15.7. The van der Waals surface area contributed by atoms with Crippen molar-refractivity contribution in [2.24, 2.45) is 40.4 Å². The molecule has 4 fully saturated rings. The zero-order valence-corrected chi connectivity index (χ0v) is 20.9. The number of methoxy groups -OCH3 is 2. The van der Waals surface area contributed by atoms with E-state index in [2.05, 4.69) is 12.0 Å². The van der Waals surface area contributed by atoms with E-state index in [4.69, 9.17) is 9.47 Å². The van der Waals surface area contributed by atoms with Crippen molar-refractivity contribution in [3.8, 4) is 5.75 Å². The highest BCUT2D eigenvalue weighted by Gasteiger charge is 2.63. The van der Waals surface area contributed by atoms with Gasteiger partial charge in [0.1, 0.15) is 0 Å². The second kappa shape index (κ2) is 8.37. The van der Waals surface area contributed by atoms with Gasteiger partial charge in [-0.05, 0) is 99.2 Å². The van der Waals surface area contributed by atoms with Crippen LogP contribution in [0.15, 0.2) is 12.4 Å². The first-order valence-corrected chi connectivity index (χ1v) is 13.0. The van der Waals surface area contributed by atoms with Crippen LogP contribution in [-0.2, 0) is 16.1 Å². The molecule has 1 N–H and O–H groups in total. The van der Waals surface area contributed by atoms with Crippen molar-refractivity contribution in [3.63, 3.8) is 0 Å². The van der Waals surface area contributed by atoms with Crippen molar-refractivity contribution in [2.45, 2.75) is 83.8 Å². The number of aliphatic hydroxyl groups is 1. The van der Waals surface area contributed by atoms with E-state index in [1.807, 2.05) is 20.2 Å². The number of rotatable bonds is 6. The molecule has 0 spiro atoms. The average Bonchev–Trinajstić information content (AvgIpc) is 3.37. The van der Waals surface area contributed by atoms with Crippen LogP contribution in [0, 0.1) is 40.4 Å². The number of hydrogen-bond acceptors (Lipinski definition) is 5. The van der Waals surface area contributed by atoms with E-state index in [-0.39, 0.29) is 16.7 Å². The summed E-state index contributed by atoms with van der Waals surface area (Å²) < 4.78 is 12.8. The Morgan fingerprint density at radius 2 is 1.94 bits per heavy atom. The monoisotopic (exact) mass is 458 g/mol. The third kappa shape index (κ3) is 3.76. The number of nitrogens with zero attached hydrogens (tertiary/aromatic N) is 2. The van der Waals surface area contributed by atoms with Crippen LogP contribution in [0.2, 0.25) is 0 Å². The maximum Gasteiger partial charge on any atom is 0.157 e. The van der Waals surface area contributed by atoms with E-state index >= 15 is 0 Å². The highest BCUT2D eigenvalue weighted by molar-refractivity contribution is 5.82. The molecule has 6 nitrogen and oxygen atoms in total. The van der Waals surface area contributed by atoms with Crippen LogP contribution in [-0.4, -0.2) is 47.1 Å². The van der Waals surface area contributed by atoms with E-state index in [9.17, 15) is 9.90 Å². The van der Waals surface area contributed by atoms with E-state index in [0.29, 0.717) is 41.7 Å². The topological polar surface area (TPSA) is 73.6 Å². The Kier molecular flexibility index (Phi) is 5.92. The number of aromatic nitrogens is 2. The number of hydrogen-bond donors (Lipinski definition) is 1. The molecule has 0 radical (unpaired) electrons. The summed E-state index contributed by atoms with van der Waals surface area (Å²) in [6, 6.07) is 0. The Morgan fingerprint density at radius 3 is 2.67 bits per heavy atom. The number of Topliss-reactive ketones (excluding diaryl/α,β-unsaturated/α-hetero) is 1. The fraction of sp³-hybridized carbons (Fsp3) is 0.852. The van der Waals surface area contributed by atoms with Gasteiger partial charge in [0.2, 0.25) is 0 Å². The smallest absolute Gasteiger partial charge is 0.157 e. The maximum absolute atomic E-state index is 13.4. The van der Waals surface area contributed by atoms with E-state index < -0.39 is 5.60 Å². The second-order valence-corrected chi connectivity index (χ2v) is 12.2. The summed E-state index contributed by atoms with van der Waals surface area (Å²) in [6.45, 7) is 5.60. The van der Waals surface area contributed by atoms with Gasteiger partial charge in [-0.1, -0.05) is 6.92 Å². The minimum atomic E-state index is -0.530. The summed E-state index contributed by atoms with van der Waals surface area (Å²) in [5.74, 6) is 3.68. The molecule has 4 aliphatic rings. The van der Waals surface area contributed by atoms with Crippen molar-refractivity contribution in [1.82, 2.24) is 9.78 Å². The van der Waals surface area contributed by atoms with Crippen LogP contribution < -0.4 is 4.74 Å². The predicted molar refractivity (Wildman–Crippen MR) is 126 cm³/mol. The molecule has 33 heavy (non-hydrogen) atoms. The predicted octanol–water partition coefficient (Wildman–Crippen LogP) is 4.50. The molecule has 0 saturated heterocycles. The van der Waals surface area contributed by atoms with Gasteiger partial charge in [0.25, 0.3) is 0 Å². The van der Waals surface area contributed by atoms with Gasteiger partial charge in [-0.3, -0.25) is 9.48 Å². The molecule has 184 valence electrons. The summed E-state index contributed by atoms with van der Waals surface area (Å²) in [6.07, 6.45) is 13.3. The Morgan fingerprint density at radius 1 is 1.12 bits per heavy atom. The minimum Gasteiger partial charge on any atom is -0.493 e. The summed E-state index contributed by atoms with van der Waals surface area (Å²) >= 11 is 0. The zero-order chi connectivity index (χ0) is 23.4. The second-order valence-electron chi connectivity index (χ2n) is 12.2. The molecule has 0 unspecified atom stereocenters. The largest absolute Gasteiger partial charge is 0.493 e. The molecule has 1 heterocycles. The van der Waals surface area contributed by atoms with Crippen molar-refractivity contribution in [2.75, 3.05) is 20.8 Å². The molecular formula is C27H42N2O4. The SMILES string of the molecule is COC[C@]12CC[C@@](C)(O)C[C@@H]1CC[C@H]1[C@@H]3CC[C@H](C(=O)Cn4cc(OC)cn4)[C@@]3(C)CC[C@@H]12. The summed E-state index contributed by atoms with van der Waals surface area (Å²) in [5, 5.41) is 15.1. The molecule has 4 saturated carbocycles. The molecule has 6 heteroatoms. The number of carbonyl (C=O) groups is 1. The molecule has 0 aliphatic heterocycles. The van der Waals surface area contributed by atoms with Crippen LogP contribution in [0.4, 0.5) is 0 Å². The Labute approximate surface area is 198 Å². The zero-order valence-electron chi connectivity index (χ0n) is 20.9. The third-order valence-electron chi connectivity index (χ3n) is 10.6. The molecule has 1 aromatic heterocycles. The minimum absolute atomic E-state index is 0.0940. The van der Waals surface area contributed by atoms with Gasteiger partial charge in [0, 0.05) is 13.0 Å². The average molecular weight is 459 g/mol. The molecule has 1 aromatic rings. The first-order valence-electron chi connectivity index (χ1n) is 13.0. The molecule has 0 amide bonds. The van der Waals surface area contributed by atoms with Gasteiger partial charge in [-0.2, -0.15) is 5.10 Å². The van der Waals surface area contributed by atoms with Crippen LogP contribution in [0.25, 0.3) is 0 Å². The van der Waals surface area contributed by atoms with Gasteiger partial charge < -0.3 is 14.6 Å². The Balaban J connectivity index is 1.36. The van der Waals surface area contributed by atoms with Gasteiger partial charge in [-0.15, -0.1) is 0 Å². The fourth-order valence-electron chi connectivity index (χ4n) is 9.12. The molecule has 0 aromatic carbocycles. The lowest BCUT2D eigenvalue weighted by atomic mass is 9.43. The van der Waals surface area contributed by atoms with Crippen LogP contribution in [0.5, 0.6) is 5.75 Å². The molecule has 0 bridgehead atoms. The lowest BCUT2D eigenvalue weighted by Gasteiger charge is -2.62. The van der Waals surface area contributed by atoms with Gasteiger partial charge in [0.05, 0.1) is 38.3 Å².